The molecule has 1 amide bonds. The molecule has 0 aromatic heterocycles. The number of hydrogen-bond acceptors (Lipinski definition) is 10. The van der Waals surface area contributed by atoms with Gasteiger partial charge in [-0.2, -0.15) is 16.8 Å². The second-order valence-corrected chi connectivity index (χ2v) is 15.1. The van der Waals surface area contributed by atoms with Crippen molar-refractivity contribution in [3.63, 3.8) is 0 Å². The van der Waals surface area contributed by atoms with Gasteiger partial charge in [0.15, 0.2) is 0 Å². The topological polar surface area (TPSA) is 159 Å². The zero-order valence-corrected chi connectivity index (χ0v) is 23.9. The SMILES string of the molecule is COC(=O)CCC(=O)NCP(=O)(CCOS(=O)(=O)c1ccc(C)cc1)CCOS(=O)(=O)c1ccc(C)cc1. The van der Waals surface area contributed by atoms with E-state index in [1.165, 1.54) is 31.4 Å². The minimum Gasteiger partial charge on any atom is -0.469 e. The Morgan fingerprint density at radius 3 is 1.58 bits per heavy atom. The summed E-state index contributed by atoms with van der Waals surface area (Å²) < 4.78 is 78.0. The zero-order valence-electron chi connectivity index (χ0n) is 21.4. The van der Waals surface area contributed by atoms with Crippen LogP contribution in [0.25, 0.3) is 0 Å². The van der Waals surface area contributed by atoms with Crippen molar-refractivity contribution in [2.45, 2.75) is 36.5 Å². The van der Waals surface area contributed by atoms with E-state index >= 15 is 0 Å². The Morgan fingerprint density at radius 1 is 0.763 bits per heavy atom. The number of rotatable bonds is 15. The first kappa shape index (κ1) is 31.6. The summed E-state index contributed by atoms with van der Waals surface area (Å²) >= 11 is 0. The van der Waals surface area contributed by atoms with E-state index in [-0.39, 0.29) is 41.2 Å². The van der Waals surface area contributed by atoms with E-state index in [0.29, 0.717) is 0 Å². The minimum atomic E-state index is -4.12. The van der Waals surface area contributed by atoms with Gasteiger partial charge in [0.2, 0.25) is 5.91 Å². The third-order valence-electron chi connectivity index (χ3n) is 5.44. The minimum absolute atomic E-state index is 0.0680. The molecule has 1 N–H and O–H groups in total. The highest BCUT2D eigenvalue weighted by Crippen LogP contribution is 2.44. The van der Waals surface area contributed by atoms with Crippen molar-refractivity contribution in [2.75, 3.05) is 38.9 Å². The number of nitrogens with one attached hydrogen (secondary N) is 1. The standard InChI is InChI=1S/C24H32NO10PS2/c1-19-4-8-21(9-5-19)37(29,30)34-14-16-36(28,18-25-23(26)12-13-24(27)33-3)17-15-35-38(31,32)22-10-6-20(2)7-11-22/h4-11H,12-18H2,1-3H3,(H,25,26). The molecule has 2 rings (SSSR count). The summed E-state index contributed by atoms with van der Waals surface area (Å²) in [5.41, 5.74) is 1.72. The Kier molecular flexibility index (Phi) is 11.7. The normalized spacial score (nSPS) is 12.2. The molecule has 210 valence electrons. The molecule has 0 aliphatic carbocycles. The Bertz CT molecular complexity index is 1270. The Labute approximate surface area is 223 Å². The summed E-state index contributed by atoms with van der Waals surface area (Å²) in [6, 6.07) is 12.0. The Morgan fingerprint density at radius 2 is 1.18 bits per heavy atom. The number of esters is 1. The van der Waals surface area contributed by atoms with Crippen LogP contribution < -0.4 is 5.32 Å². The van der Waals surface area contributed by atoms with Crippen LogP contribution in [-0.4, -0.2) is 67.6 Å². The molecule has 2 aromatic carbocycles. The summed E-state index contributed by atoms with van der Waals surface area (Å²) in [7, 11) is -10.5. The van der Waals surface area contributed by atoms with Crippen LogP contribution in [0.2, 0.25) is 0 Å². The summed E-state index contributed by atoms with van der Waals surface area (Å²) in [5.74, 6) is -1.16. The van der Waals surface area contributed by atoms with E-state index in [9.17, 15) is 31.0 Å². The lowest BCUT2D eigenvalue weighted by Gasteiger charge is -2.19. The van der Waals surface area contributed by atoms with Gasteiger partial charge in [0.1, 0.15) is 7.14 Å². The van der Waals surface area contributed by atoms with Gasteiger partial charge in [-0.1, -0.05) is 35.4 Å². The Balaban J connectivity index is 2.05. The number of amides is 1. The zero-order chi connectivity index (χ0) is 28.4. The average molecular weight is 590 g/mol. The lowest BCUT2D eigenvalue weighted by atomic mass is 10.2. The fraction of sp³-hybridized carbons (Fsp3) is 0.417. The van der Waals surface area contributed by atoms with Crippen molar-refractivity contribution >= 4 is 39.3 Å². The van der Waals surface area contributed by atoms with Gasteiger partial charge in [0.05, 0.1) is 42.8 Å². The predicted octanol–water partition coefficient (Wildman–Crippen LogP) is 2.80. The molecule has 0 atom stereocenters. The third kappa shape index (κ3) is 10.3. The van der Waals surface area contributed by atoms with E-state index in [1.54, 1.807) is 38.1 Å². The molecular formula is C24H32NO10PS2. The molecule has 2 aromatic rings. The molecule has 0 unspecified atom stereocenters. The summed E-state index contributed by atoms with van der Waals surface area (Å²) in [5, 5.41) is 2.45. The number of methoxy groups -OCH3 is 1. The number of carbonyl (C=O) groups is 2. The van der Waals surface area contributed by atoms with Gasteiger partial charge in [-0.3, -0.25) is 18.0 Å². The van der Waals surface area contributed by atoms with Crippen LogP contribution >= 0.6 is 7.14 Å². The fourth-order valence-corrected chi connectivity index (χ4v) is 7.00. The van der Waals surface area contributed by atoms with Gasteiger partial charge in [-0.05, 0) is 38.1 Å². The summed E-state index contributed by atoms with van der Waals surface area (Å²) in [6.07, 6.45) is -1.30. The molecule has 0 aliphatic heterocycles. The molecule has 0 bridgehead atoms. The van der Waals surface area contributed by atoms with Gasteiger partial charge in [0, 0.05) is 18.7 Å². The van der Waals surface area contributed by atoms with Crippen LogP contribution in [-0.2, 0) is 47.5 Å². The third-order valence-corrected chi connectivity index (χ3v) is 10.8. The first-order chi connectivity index (χ1) is 17.8. The van der Waals surface area contributed by atoms with E-state index in [2.05, 4.69) is 10.1 Å². The lowest BCUT2D eigenvalue weighted by Crippen LogP contribution is -2.28. The maximum absolute atomic E-state index is 13.6. The molecule has 0 saturated carbocycles. The van der Waals surface area contributed by atoms with Crippen molar-refractivity contribution in [1.82, 2.24) is 5.32 Å². The van der Waals surface area contributed by atoms with E-state index in [1.807, 2.05) is 0 Å². The van der Waals surface area contributed by atoms with Crippen LogP contribution in [0, 0.1) is 13.8 Å². The molecule has 0 aliphatic rings. The van der Waals surface area contributed by atoms with Crippen molar-refractivity contribution in [2.24, 2.45) is 0 Å². The molecular weight excluding hydrogens is 557 g/mol. The molecule has 0 spiro atoms. The molecule has 0 heterocycles. The Hall–Kier alpha value is -2.57. The largest absolute Gasteiger partial charge is 0.469 e. The van der Waals surface area contributed by atoms with Gasteiger partial charge in [0.25, 0.3) is 20.2 Å². The van der Waals surface area contributed by atoms with Crippen LogP contribution in [0.15, 0.2) is 58.3 Å². The molecule has 11 nitrogen and oxygen atoms in total. The highest BCUT2D eigenvalue weighted by Gasteiger charge is 2.27. The van der Waals surface area contributed by atoms with Crippen LogP contribution in [0.4, 0.5) is 0 Å². The van der Waals surface area contributed by atoms with E-state index in [0.717, 1.165) is 11.1 Å². The van der Waals surface area contributed by atoms with Crippen molar-refractivity contribution in [3.05, 3.63) is 59.7 Å². The number of aryl methyl sites for hydroxylation is 2. The van der Waals surface area contributed by atoms with Crippen LogP contribution in [0.1, 0.15) is 24.0 Å². The molecule has 0 fully saturated rings. The van der Waals surface area contributed by atoms with E-state index in [4.69, 9.17) is 8.37 Å². The van der Waals surface area contributed by atoms with Crippen molar-refractivity contribution in [1.29, 1.82) is 0 Å². The molecule has 0 saturated heterocycles. The molecule has 0 radical (unpaired) electrons. The maximum Gasteiger partial charge on any atom is 0.306 e. The molecule has 14 heteroatoms. The second-order valence-electron chi connectivity index (χ2n) is 8.52. The van der Waals surface area contributed by atoms with Crippen molar-refractivity contribution in [3.8, 4) is 0 Å². The van der Waals surface area contributed by atoms with Crippen molar-refractivity contribution < 1.29 is 44.1 Å². The highest BCUT2D eigenvalue weighted by molar-refractivity contribution is 7.87. The maximum atomic E-state index is 13.6. The summed E-state index contributed by atoms with van der Waals surface area (Å²) in [6.45, 7) is 2.68. The van der Waals surface area contributed by atoms with Gasteiger partial charge < -0.3 is 14.6 Å². The number of carbonyl (C=O) groups excluding carboxylic acids is 2. The highest BCUT2D eigenvalue weighted by atomic mass is 32.2. The number of ether oxygens (including phenoxy) is 1. The van der Waals surface area contributed by atoms with Crippen LogP contribution in [0.3, 0.4) is 0 Å². The number of hydrogen-bond donors (Lipinski definition) is 1. The summed E-state index contributed by atoms with van der Waals surface area (Å²) in [4.78, 5) is 23.2. The number of benzene rings is 2. The molecule has 38 heavy (non-hydrogen) atoms. The first-order valence-electron chi connectivity index (χ1n) is 11.6. The van der Waals surface area contributed by atoms with Crippen LogP contribution in [0.5, 0.6) is 0 Å². The smallest absolute Gasteiger partial charge is 0.306 e. The van der Waals surface area contributed by atoms with Gasteiger partial charge in [-0.15, -0.1) is 0 Å². The fourth-order valence-electron chi connectivity index (χ4n) is 3.08. The quantitative estimate of drug-likeness (QED) is 0.186. The first-order valence-corrected chi connectivity index (χ1v) is 16.7. The monoisotopic (exact) mass is 589 g/mol. The van der Waals surface area contributed by atoms with E-state index < -0.39 is 52.5 Å². The average Bonchev–Trinajstić information content (AvgIpc) is 2.86. The lowest BCUT2D eigenvalue weighted by molar-refractivity contribution is -0.142. The second kappa shape index (κ2) is 14.0. The van der Waals surface area contributed by atoms with Gasteiger partial charge >= 0.3 is 5.97 Å². The van der Waals surface area contributed by atoms with Gasteiger partial charge in [-0.25, -0.2) is 0 Å². The predicted molar refractivity (Wildman–Crippen MR) is 140 cm³/mol.